The third-order valence-corrected chi connectivity index (χ3v) is 6.74. The average molecular weight is 294 g/mol. The number of hydrogen-bond acceptors (Lipinski definition) is 1. The van der Waals surface area contributed by atoms with Crippen LogP contribution < -0.4 is 5.32 Å². The summed E-state index contributed by atoms with van der Waals surface area (Å²) in [5.74, 6) is 4.86. The van der Waals surface area contributed by atoms with Crippen LogP contribution in [0.3, 0.4) is 0 Å². The highest BCUT2D eigenvalue weighted by molar-refractivity contribution is 4.98. The Morgan fingerprint density at radius 1 is 1.00 bits per heavy atom. The molecule has 0 aromatic rings. The molecule has 0 aromatic heterocycles. The van der Waals surface area contributed by atoms with Crippen molar-refractivity contribution >= 4 is 0 Å². The van der Waals surface area contributed by atoms with Crippen molar-refractivity contribution in [3.05, 3.63) is 0 Å². The lowest BCUT2D eigenvalue weighted by Gasteiger charge is -2.54. The van der Waals surface area contributed by atoms with E-state index < -0.39 is 0 Å². The van der Waals surface area contributed by atoms with Gasteiger partial charge in [0.25, 0.3) is 0 Å². The second-order valence-electron chi connectivity index (χ2n) is 8.02. The molecule has 124 valence electrons. The summed E-state index contributed by atoms with van der Waals surface area (Å²) < 4.78 is 0. The zero-order valence-corrected chi connectivity index (χ0v) is 15.0. The van der Waals surface area contributed by atoms with E-state index in [0.717, 1.165) is 35.6 Å². The molecule has 0 aromatic carbocycles. The molecule has 0 spiro atoms. The third kappa shape index (κ3) is 4.24. The second-order valence-corrected chi connectivity index (χ2v) is 8.02. The van der Waals surface area contributed by atoms with Gasteiger partial charge in [0, 0.05) is 6.04 Å². The molecule has 0 radical (unpaired) electrons. The van der Waals surface area contributed by atoms with Gasteiger partial charge in [-0.05, 0) is 55.4 Å². The van der Waals surface area contributed by atoms with Gasteiger partial charge in [0.1, 0.15) is 0 Å². The van der Waals surface area contributed by atoms with E-state index in [0.29, 0.717) is 0 Å². The van der Waals surface area contributed by atoms with E-state index in [4.69, 9.17) is 0 Å². The SMILES string of the molecule is CCCCCC1CCCCNC(CC)C2C(C)C(C1)C2C. The first-order chi connectivity index (χ1) is 10.2. The molecule has 2 saturated heterocycles. The highest BCUT2D eigenvalue weighted by Gasteiger charge is 2.48. The van der Waals surface area contributed by atoms with Gasteiger partial charge in [0.05, 0.1) is 0 Å². The monoisotopic (exact) mass is 293 g/mol. The van der Waals surface area contributed by atoms with Crippen LogP contribution >= 0.6 is 0 Å². The fraction of sp³-hybridized carbons (Fsp3) is 1.00. The Morgan fingerprint density at radius 3 is 2.43 bits per heavy atom. The molecule has 1 heteroatoms. The van der Waals surface area contributed by atoms with Crippen molar-refractivity contribution in [3.8, 4) is 0 Å². The van der Waals surface area contributed by atoms with Gasteiger partial charge in [-0.1, -0.05) is 66.2 Å². The van der Waals surface area contributed by atoms with Crippen LogP contribution in [0.1, 0.15) is 85.5 Å². The number of rotatable bonds is 5. The quantitative estimate of drug-likeness (QED) is 0.646. The van der Waals surface area contributed by atoms with Crippen LogP contribution in [0.5, 0.6) is 0 Å². The molecular weight excluding hydrogens is 254 g/mol. The van der Waals surface area contributed by atoms with Gasteiger partial charge in [0.15, 0.2) is 0 Å². The minimum absolute atomic E-state index is 0.780. The first kappa shape index (κ1) is 17.3. The predicted octanol–water partition coefficient (Wildman–Crippen LogP) is 5.64. The van der Waals surface area contributed by atoms with E-state index in [2.05, 4.69) is 33.0 Å². The molecule has 1 saturated carbocycles. The minimum atomic E-state index is 0.780. The fourth-order valence-electron chi connectivity index (χ4n) is 5.39. The molecule has 2 aliphatic heterocycles. The maximum Gasteiger partial charge on any atom is 0.00979 e. The molecule has 2 heterocycles. The molecule has 4 atom stereocenters. The second kappa shape index (κ2) is 8.56. The third-order valence-electron chi connectivity index (χ3n) is 6.74. The molecule has 21 heavy (non-hydrogen) atoms. The summed E-state index contributed by atoms with van der Waals surface area (Å²) in [5, 5.41) is 3.88. The van der Waals surface area contributed by atoms with Crippen molar-refractivity contribution in [2.75, 3.05) is 6.54 Å². The van der Waals surface area contributed by atoms with Crippen molar-refractivity contribution in [3.63, 3.8) is 0 Å². The Labute approximate surface area is 133 Å². The van der Waals surface area contributed by atoms with Gasteiger partial charge in [-0.15, -0.1) is 0 Å². The van der Waals surface area contributed by atoms with Gasteiger partial charge in [-0.3, -0.25) is 0 Å². The van der Waals surface area contributed by atoms with E-state index in [-0.39, 0.29) is 0 Å². The summed E-state index contributed by atoms with van der Waals surface area (Å²) >= 11 is 0. The van der Waals surface area contributed by atoms with Crippen LogP contribution in [-0.4, -0.2) is 12.6 Å². The van der Waals surface area contributed by atoms with Gasteiger partial charge in [-0.25, -0.2) is 0 Å². The van der Waals surface area contributed by atoms with Crippen molar-refractivity contribution in [1.82, 2.24) is 5.32 Å². The topological polar surface area (TPSA) is 12.0 Å². The number of fused-ring (bicyclic) bond motifs is 7. The molecule has 3 aliphatic rings. The lowest BCUT2D eigenvalue weighted by molar-refractivity contribution is -0.0382. The number of unbranched alkanes of at least 4 members (excludes halogenated alkanes) is 2. The molecule has 3 rings (SSSR count). The zero-order chi connectivity index (χ0) is 15.2. The normalized spacial score (nSPS) is 41.1. The Bertz CT molecular complexity index is 278. The van der Waals surface area contributed by atoms with Gasteiger partial charge < -0.3 is 5.32 Å². The maximum atomic E-state index is 3.88. The van der Waals surface area contributed by atoms with Crippen LogP contribution in [0, 0.1) is 29.6 Å². The highest BCUT2D eigenvalue weighted by atomic mass is 14.9. The van der Waals surface area contributed by atoms with E-state index in [1.807, 2.05) is 0 Å². The van der Waals surface area contributed by atoms with Gasteiger partial charge in [-0.2, -0.15) is 0 Å². The van der Waals surface area contributed by atoms with E-state index >= 15 is 0 Å². The molecule has 1 N–H and O–H groups in total. The molecule has 3 fully saturated rings. The molecule has 2 bridgehead atoms. The summed E-state index contributed by atoms with van der Waals surface area (Å²) in [6.07, 6.45) is 12.9. The summed E-state index contributed by atoms with van der Waals surface area (Å²) in [5.41, 5.74) is 0. The van der Waals surface area contributed by atoms with Crippen LogP contribution in [0.2, 0.25) is 0 Å². The summed E-state index contributed by atoms with van der Waals surface area (Å²) in [6, 6.07) is 0.780. The largest absolute Gasteiger partial charge is 0.314 e. The molecule has 1 aliphatic carbocycles. The summed E-state index contributed by atoms with van der Waals surface area (Å²) in [4.78, 5) is 0. The van der Waals surface area contributed by atoms with Crippen molar-refractivity contribution < 1.29 is 0 Å². The lowest BCUT2D eigenvalue weighted by atomic mass is 9.53. The first-order valence-corrected chi connectivity index (χ1v) is 9.92. The van der Waals surface area contributed by atoms with E-state index in [1.54, 1.807) is 0 Å². The molecular formula is C20H39N. The zero-order valence-electron chi connectivity index (χ0n) is 15.0. The molecule has 4 unspecified atom stereocenters. The summed E-state index contributed by atoms with van der Waals surface area (Å²) in [6.45, 7) is 11.0. The average Bonchev–Trinajstić information content (AvgIpc) is 2.54. The smallest absolute Gasteiger partial charge is 0.00979 e. The van der Waals surface area contributed by atoms with Crippen LogP contribution in [0.15, 0.2) is 0 Å². The van der Waals surface area contributed by atoms with E-state index in [9.17, 15) is 0 Å². The predicted molar refractivity (Wildman–Crippen MR) is 93.5 cm³/mol. The number of hydrogen-bond donors (Lipinski definition) is 1. The lowest BCUT2D eigenvalue weighted by Crippen LogP contribution is -2.54. The van der Waals surface area contributed by atoms with Crippen LogP contribution in [0.25, 0.3) is 0 Å². The van der Waals surface area contributed by atoms with Crippen molar-refractivity contribution in [1.29, 1.82) is 0 Å². The minimum Gasteiger partial charge on any atom is -0.314 e. The van der Waals surface area contributed by atoms with Gasteiger partial charge >= 0.3 is 0 Å². The van der Waals surface area contributed by atoms with Crippen LogP contribution in [-0.2, 0) is 0 Å². The van der Waals surface area contributed by atoms with Gasteiger partial charge in [0.2, 0.25) is 0 Å². The standard InChI is InChI=1S/C20H39N/c1-5-7-8-11-17-12-9-10-13-21-19(6-2)20-15(3)18(14-17)16(20)4/h15-21H,5-14H2,1-4H3. The van der Waals surface area contributed by atoms with Crippen molar-refractivity contribution in [2.24, 2.45) is 29.6 Å². The van der Waals surface area contributed by atoms with E-state index in [1.165, 1.54) is 64.3 Å². The van der Waals surface area contributed by atoms with Crippen LogP contribution in [0.4, 0.5) is 0 Å². The summed E-state index contributed by atoms with van der Waals surface area (Å²) in [7, 11) is 0. The Hall–Kier alpha value is -0.0400. The number of nitrogens with one attached hydrogen (secondary N) is 1. The van der Waals surface area contributed by atoms with Crippen molar-refractivity contribution in [2.45, 2.75) is 91.5 Å². The highest BCUT2D eigenvalue weighted by Crippen LogP contribution is 2.51. The Kier molecular flexibility index (Phi) is 7.05. The maximum absolute atomic E-state index is 3.88. The Balaban J connectivity index is 1.95. The Morgan fingerprint density at radius 2 is 1.76 bits per heavy atom. The molecule has 0 amide bonds. The molecule has 1 nitrogen and oxygen atoms in total. The fourth-order valence-corrected chi connectivity index (χ4v) is 5.39. The first-order valence-electron chi connectivity index (χ1n) is 9.92.